The third kappa shape index (κ3) is 2.84. The monoisotopic (exact) mass is 305 g/mol. The van der Waals surface area contributed by atoms with Crippen molar-refractivity contribution in [2.24, 2.45) is 0 Å². The highest BCUT2D eigenvalue weighted by Gasteiger charge is 2.25. The summed E-state index contributed by atoms with van der Waals surface area (Å²) in [6.07, 6.45) is 0. The lowest BCUT2D eigenvalue weighted by atomic mass is 9.91. The fourth-order valence-electron chi connectivity index (χ4n) is 2.37. The lowest BCUT2D eigenvalue weighted by molar-refractivity contribution is 0.0599. The van der Waals surface area contributed by atoms with Gasteiger partial charge in [-0.1, -0.05) is 26.0 Å². The van der Waals surface area contributed by atoms with Crippen LogP contribution in [0.4, 0.5) is 8.78 Å². The molecular formula is C17H17F2NO2. The molecule has 0 aliphatic carbocycles. The van der Waals surface area contributed by atoms with E-state index >= 15 is 0 Å². The van der Waals surface area contributed by atoms with Crippen LogP contribution in [-0.4, -0.2) is 18.1 Å². The zero-order valence-corrected chi connectivity index (χ0v) is 12.9. The number of halogens is 2. The van der Waals surface area contributed by atoms with Crippen molar-refractivity contribution in [3.05, 3.63) is 52.9 Å². The Bertz CT molecular complexity index is 710. The van der Waals surface area contributed by atoms with Gasteiger partial charge >= 0.3 is 5.97 Å². The first-order valence-corrected chi connectivity index (χ1v) is 6.91. The Balaban J connectivity index is 2.85. The van der Waals surface area contributed by atoms with E-state index in [4.69, 9.17) is 4.74 Å². The fraction of sp³-hybridized carbons (Fsp3) is 0.294. The van der Waals surface area contributed by atoms with Crippen LogP contribution in [0, 0.1) is 18.7 Å². The summed E-state index contributed by atoms with van der Waals surface area (Å²) in [6, 6.07) is 5.55. The number of carbonyl (C=O) groups is 1. The quantitative estimate of drug-likeness (QED) is 0.629. The number of pyridine rings is 1. The number of aromatic nitrogens is 1. The molecule has 0 spiro atoms. The van der Waals surface area contributed by atoms with Gasteiger partial charge in [0.1, 0.15) is 5.82 Å². The molecule has 1 aromatic heterocycles. The number of methoxy groups -OCH3 is 1. The number of ether oxygens (including phenoxy) is 1. The van der Waals surface area contributed by atoms with E-state index in [1.807, 2.05) is 13.8 Å². The van der Waals surface area contributed by atoms with Crippen molar-refractivity contribution < 1.29 is 18.3 Å². The molecule has 1 heterocycles. The van der Waals surface area contributed by atoms with Crippen LogP contribution in [0.25, 0.3) is 11.1 Å². The Labute approximate surface area is 128 Å². The Morgan fingerprint density at radius 1 is 1.18 bits per heavy atom. The second-order valence-electron chi connectivity index (χ2n) is 5.32. The number of rotatable bonds is 3. The van der Waals surface area contributed by atoms with Crippen molar-refractivity contribution in [3.63, 3.8) is 0 Å². The van der Waals surface area contributed by atoms with Gasteiger partial charge in [0.15, 0.2) is 0 Å². The molecule has 116 valence electrons. The Hall–Kier alpha value is -2.30. The van der Waals surface area contributed by atoms with E-state index in [0.29, 0.717) is 16.8 Å². The van der Waals surface area contributed by atoms with E-state index in [9.17, 15) is 13.6 Å². The summed E-state index contributed by atoms with van der Waals surface area (Å²) in [6.45, 7) is 5.17. The van der Waals surface area contributed by atoms with Crippen LogP contribution in [0.1, 0.15) is 41.4 Å². The van der Waals surface area contributed by atoms with Gasteiger partial charge in [0, 0.05) is 11.1 Å². The smallest absolute Gasteiger partial charge is 0.340 e. The van der Waals surface area contributed by atoms with Crippen LogP contribution in [0.5, 0.6) is 0 Å². The van der Waals surface area contributed by atoms with Crippen molar-refractivity contribution in [3.8, 4) is 11.1 Å². The zero-order valence-electron chi connectivity index (χ0n) is 12.9. The molecule has 0 radical (unpaired) electrons. The Morgan fingerprint density at radius 3 is 2.27 bits per heavy atom. The normalized spacial score (nSPS) is 10.9. The summed E-state index contributed by atoms with van der Waals surface area (Å²) in [5.41, 5.74) is 1.72. The van der Waals surface area contributed by atoms with E-state index in [2.05, 4.69) is 4.98 Å². The Morgan fingerprint density at radius 2 is 1.77 bits per heavy atom. The van der Waals surface area contributed by atoms with Crippen LogP contribution in [0.3, 0.4) is 0 Å². The molecule has 3 nitrogen and oxygen atoms in total. The van der Waals surface area contributed by atoms with Crippen molar-refractivity contribution >= 4 is 5.97 Å². The predicted octanol–water partition coefficient (Wildman–Crippen LogP) is 4.25. The van der Waals surface area contributed by atoms with Gasteiger partial charge in [-0.3, -0.25) is 0 Å². The van der Waals surface area contributed by atoms with Crippen LogP contribution >= 0.6 is 0 Å². The summed E-state index contributed by atoms with van der Waals surface area (Å²) >= 11 is 0. The summed E-state index contributed by atoms with van der Waals surface area (Å²) in [7, 11) is 1.26. The van der Waals surface area contributed by atoms with E-state index in [-0.39, 0.29) is 17.0 Å². The second kappa shape index (κ2) is 6.22. The van der Waals surface area contributed by atoms with E-state index < -0.39 is 17.7 Å². The molecule has 2 rings (SSSR count). The fourth-order valence-corrected chi connectivity index (χ4v) is 2.37. The lowest BCUT2D eigenvalue weighted by Gasteiger charge is -2.18. The molecule has 5 heteroatoms. The molecule has 22 heavy (non-hydrogen) atoms. The molecule has 0 N–H and O–H groups in total. The highest BCUT2D eigenvalue weighted by Crippen LogP contribution is 2.33. The maximum absolute atomic E-state index is 14.2. The standard InChI is InChI=1S/C17H17F2NO2/c1-9(2)15-14(17(21)22-4)13(10(3)16(19)20-15)11-5-7-12(18)8-6-11/h5-9H,1-4H3. The van der Waals surface area contributed by atoms with Crippen LogP contribution in [0.2, 0.25) is 0 Å². The van der Waals surface area contributed by atoms with Crippen molar-refractivity contribution in [2.75, 3.05) is 7.11 Å². The number of hydrogen-bond acceptors (Lipinski definition) is 3. The van der Waals surface area contributed by atoms with E-state index in [0.717, 1.165) is 0 Å². The molecule has 0 atom stereocenters. The molecule has 0 aliphatic rings. The molecule has 0 unspecified atom stereocenters. The van der Waals surface area contributed by atoms with Gasteiger partial charge in [-0.2, -0.15) is 4.39 Å². The zero-order chi connectivity index (χ0) is 16.4. The number of benzene rings is 1. The summed E-state index contributed by atoms with van der Waals surface area (Å²) in [5.74, 6) is -1.79. The van der Waals surface area contributed by atoms with Gasteiger partial charge in [-0.25, -0.2) is 14.2 Å². The minimum absolute atomic E-state index is 0.164. The molecule has 0 amide bonds. The molecule has 0 saturated carbocycles. The first-order valence-electron chi connectivity index (χ1n) is 6.91. The van der Waals surface area contributed by atoms with Gasteiger partial charge in [-0.05, 0) is 30.5 Å². The maximum atomic E-state index is 14.2. The molecule has 1 aromatic carbocycles. The van der Waals surface area contributed by atoms with E-state index in [1.54, 1.807) is 0 Å². The third-order valence-corrected chi connectivity index (χ3v) is 3.48. The van der Waals surface area contributed by atoms with E-state index in [1.165, 1.54) is 38.3 Å². The average Bonchev–Trinajstić information content (AvgIpc) is 2.49. The number of esters is 1. The van der Waals surface area contributed by atoms with Gasteiger partial charge in [-0.15, -0.1) is 0 Å². The molecular weight excluding hydrogens is 288 g/mol. The van der Waals surface area contributed by atoms with Crippen LogP contribution in [-0.2, 0) is 4.74 Å². The number of hydrogen-bond donors (Lipinski definition) is 0. The summed E-state index contributed by atoms with van der Waals surface area (Å²) in [5, 5.41) is 0. The van der Waals surface area contributed by atoms with Gasteiger partial charge in [0.2, 0.25) is 5.95 Å². The van der Waals surface area contributed by atoms with Gasteiger partial charge in [0.05, 0.1) is 18.4 Å². The minimum Gasteiger partial charge on any atom is -0.465 e. The number of carbonyl (C=O) groups excluding carboxylic acids is 1. The predicted molar refractivity (Wildman–Crippen MR) is 79.8 cm³/mol. The molecule has 0 fully saturated rings. The van der Waals surface area contributed by atoms with Crippen molar-refractivity contribution in [2.45, 2.75) is 26.7 Å². The largest absolute Gasteiger partial charge is 0.465 e. The topological polar surface area (TPSA) is 39.2 Å². The minimum atomic E-state index is -0.643. The molecule has 2 aromatic rings. The molecule has 0 aliphatic heterocycles. The average molecular weight is 305 g/mol. The Kier molecular flexibility index (Phi) is 4.54. The highest BCUT2D eigenvalue weighted by atomic mass is 19.1. The second-order valence-corrected chi connectivity index (χ2v) is 5.32. The van der Waals surface area contributed by atoms with Crippen molar-refractivity contribution in [1.29, 1.82) is 0 Å². The third-order valence-electron chi connectivity index (χ3n) is 3.48. The maximum Gasteiger partial charge on any atom is 0.340 e. The number of nitrogens with zero attached hydrogens (tertiary/aromatic N) is 1. The summed E-state index contributed by atoms with van der Waals surface area (Å²) < 4.78 is 32.1. The van der Waals surface area contributed by atoms with Gasteiger partial charge < -0.3 is 4.74 Å². The van der Waals surface area contributed by atoms with Crippen LogP contribution in [0.15, 0.2) is 24.3 Å². The first kappa shape index (κ1) is 16.1. The SMILES string of the molecule is COC(=O)c1c(C(C)C)nc(F)c(C)c1-c1ccc(F)cc1. The first-order chi connectivity index (χ1) is 10.4. The highest BCUT2D eigenvalue weighted by molar-refractivity contribution is 5.99. The molecule has 0 saturated heterocycles. The lowest BCUT2D eigenvalue weighted by Crippen LogP contribution is -2.14. The summed E-state index contributed by atoms with van der Waals surface area (Å²) in [4.78, 5) is 16.1. The van der Waals surface area contributed by atoms with Crippen molar-refractivity contribution in [1.82, 2.24) is 4.98 Å². The van der Waals surface area contributed by atoms with Gasteiger partial charge in [0.25, 0.3) is 0 Å². The molecule has 0 bridgehead atoms. The van der Waals surface area contributed by atoms with Crippen LogP contribution < -0.4 is 0 Å².